The highest BCUT2D eigenvalue weighted by Gasteiger charge is 2.34. The van der Waals surface area contributed by atoms with Gasteiger partial charge in [0.15, 0.2) is 0 Å². The van der Waals surface area contributed by atoms with Crippen LogP contribution in [0.3, 0.4) is 0 Å². The smallest absolute Gasteiger partial charge is 0.261 e. The average Bonchev–Trinajstić information content (AvgIpc) is 3.26. The molecule has 1 aliphatic rings. The molecule has 0 saturated carbocycles. The lowest BCUT2D eigenvalue weighted by atomic mass is 10.1. The first kappa shape index (κ1) is 15.1. The number of hydrogen-bond acceptors (Lipinski definition) is 5. The van der Waals surface area contributed by atoms with Crippen LogP contribution in [0.1, 0.15) is 20.7 Å². The van der Waals surface area contributed by atoms with Gasteiger partial charge in [-0.25, -0.2) is 9.67 Å². The Hall–Kier alpha value is -3.48. The second-order valence-corrected chi connectivity index (χ2v) is 5.62. The van der Waals surface area contributed by atoms with Crippen LogP contribution in [0.2, 0.25) is 0 Å². The molecule has 124 valence electrons. The van der Waals surface area contributed by atoms with Crippen molar-refractivity contribution in [2.45, 2.75) is 0 Å². The zero-order valence-electron chi connectivity index (χ0n) is 13.3. The van der Waals surface area contributed by atoms with Gasteiger partial charge in [-0.05, 0) is 36.4 Å². The van der Waals surface area contributed by atoms with Gasteiger partial charge in [0.25, 0.3) is 11.8 Å². The van der Waals surface area contributed by atoms with Crippen molar-refractivity contribution in [3.8, 4) is 5.69 Å². The van der Waals surface area contributed by atoms with Crippen LogP contribution in [-0.4, -0.2) is 44.6 Å². The van der Waals surface area contributed by atoms with Crippen LogP contribution in [-0.2, 0) is 0 Å². The molecule has 4 rings (SSSR count). The number of carbonyl (C=O) groups is 2. The highest BCUT2D eigenvalue weighted by Crippen LogP contribution is 2.22. The Morgan fingerprint density at radius 2 is 1.60 bits per heavy atom. The van der Waals surface area contributed by atoms with Gasteiger partial charge in [-0.1, -0.05) is 12.1 Å². The van der Waals surface area contributed by atoms with Crippen LogP contribution < -0.4 is 5.32 Å². The molecule has 0 atom stereocenters. The van der Waals surface area contributed by atoms with Crippen molar-refractivity contribution in [2.75, 3.05) is 18.4 Å². The largest absolute Gasteiger partial charge is 0.383 e. The minimum Gasteiger partial charge on any atom is -0.383 e. The third kappa shape index (κ3) is 2.76. The number of amides is 2. The zero-order chi connectivity index (χ0) is 17.2. The molecule has 0 unspecified atom stereocenters. The van der Waals surface area contributed by atoms with Gasteiger partial charge in [0.2, 0.25) is 0 Å². The summed E-state index contributed by atoms with van der Waals surface area (Å²) in [6, 6.07) is 14.6. The van der Waals surface area contributed by atoms with Crippen molar-refractivity contribution in [1.82, 2.24) is 19.7 Å². The lowest BCUT2D eigenvalue weighted by Gasteiger charge is -2.15. The molecule has 0 aliphatic carbocycles. The molecule has 0 fully saturated rings. The maximum atomic E-state index is 12.3. The van der Waals surface area contributed by atoms with E-state index < -0.39 is 0 Å². The standard InChI is InChI=1S/C18H15N5O2/c24-17-15-3-1-2-4-16(15)18(25)22(17)10-9-20-13-5-7-14(8-6-13)23-12-19-11-21-23/h1-8,11-12,20H,9-10H2. The van der Waals surface area contributed by atoms with Gasteiger partial charge in [-0.2, -0.15) is 5.10 Å². The first-order valence-corrected chi connectivity index (χ1v) is 7.88. The fourth-order valence-electron chi connectivity index (χ4n) is 2.83. The minimum atomic E-state index is -0.232. The van der Waals surface area contributed by atoms with E-state index in [0.717, 1.165) is 11.4 Å². The summed E-state index contributed by atoms with van der Waals surface area (Å²) in [6.07, 6.45) is 3.11. The van der Waals surface area contributed by atoms with E-state index in [0.29, 0.717) is 24.2 Å². The molecule has 3 aromatic rings. The van der Waals surface area contributed by atoms with E-state index in [2.05, 4.69) is 15.4 Å². The van der Waals surface area contributed by atoms with Gasteiger partial charge in [-0.15, -0.1) is 0 Å². The Balaban J connectivity index is 1.37. The third-order valence-corrected chi connectivity index (χ3v) is 4.09. The van der Waals surface area contributed by atoms with Crippen molar-refractivity contribution in [1.29, 1.82) is 0 Å². The predicted molar refractivity (Wildman–Crippen MR) is 91.7 cm³/mol. The quantitative estimate of drug-likeness (QED) is 0.722. The Labute approximate surface area is 143 Å². The summed E-state index contributed by atoms with van der Waals surface area (Å²) in [4.78, 5) is 29.8. The van der Waals surface area contributed by atoms with Gasteiger partial charge < -0.3 is 5.32 Å². The molecule has 0 saturated heterocycles. The lowest BCUT2D eigenvalue weighted by Crippen LogP contribution is -2.34. The molecule has 7 heteroatoms. The molecular formula is C18H15N5O2. The number of rotatable bonds is 5. The van der Waals surface area contributed by atoms with Gasteiger partial charge in [-0.3, -0.25) is 14.5 Å². The summed E-state index contributed by atoms with van der Waals surface area (Å²) < 4.78 is 1.67. The second kappa shape index (κ2) is 6.20. The van der Waals surface area contributed by atoms with Crippen molar-refractivity contribution in [3.05, 3.63) is 72.3 Å². The number of nitrogens with zero attached hydrogens (tertiary/aromatic N) is 4. The van der Waals surface area contributed by atoms with Crippen molar-refractivity contribution >= 4 is 17.5 Å². The minimum absolute atomic E-state index is 0.232. The van der Waals surface area contributed by atoms with Crippen LogP contribution in [0.15, 0.2) is 61.2 Å². The van der Waals surface area contributed by atoms with Crippen LogP contribution >= 0.6 is 0 Å². The molecule has 2 heterocycles. The molecular weight excluding hydrogens is 318 g/mol. The molecule has 0 radical (unpaired) electrons. The first-order chi connectivity index (χ1) is 12.2. The summed E-state index contributed by atoms with van der Waals surface area (Å²) in [7, 11) is 0. The summed E-state index contributed by atoms with van der Waals surface area (Å²) in [6.45, 7) is 0.797. The Kier molecular flexibility index (Phi) is 3.74. The summed E-state index contributed by atoms with van der Waals surface area (Å²) in [5, 5.41) is 7.29. The fourth-order valence-corrected chi connectivity index (χ4v) is 2.83. The molecule has 1 aliphatic heterocycles. The monoisotopic (exact) mass is 333 g/mol. The number of anilines is 1. The van der Waals surface area contributed by atoms with Gasteiger partial charge in [0, 0.05) is 18.8 Å². The van der Waals surface area contributed by atoms with Crippen LogP contribution in [0.25, 0.3) is 5.69 Å². The number of hydrogen-bond donors (Lipinski definition) is 1. The van der Waals surface area contributed by atoms with Crippen LogP contribution in [0.4, 0.5) is 5.69 Å². The second-order valence-electron chi connectivity index (χ2n) is 5.62. The normalized spacial score (nSPS) is 13.2. The van der Waals surface area contributed by atoms with E-state index in [9.17, 15) is 9.59 Å². The average molecular weight is 333 g/mol. The van der Waals surface area contributed by atoms with Gasteiger partial charge in [0.1, 0.15) is 12.7 Å². The number of imide groups is 1. The topological polar surface area (TPSA) is 80.1 Å². The zero-order valence-corrected chi connectivity index (χ0v) is 13.3. The van der Waals surface area contributed by atoms with Gasteiger partial charge in [0.05, 0.1) is 16.8 Å². The van der Waals surface area contributed by atoms with Crippen molar-refractivity contribution < 1.29 is 9.59 Å². The summed E-state index contributed by atoms with van der Waals surface area (Å²) >= 11 is 0. The molecule has 0 bridgehead atoms. The Bertz CT molecular complexity index is 884. The highest BCUT2D eigenvalue weighted by atomic mass is 16.2. The molecule has 2 aromatic carbocycles. The third-order valence-electron chi connectivity index (χ3n) is 4.09. The fraction of sp³-hybridized carbons (Fsp3) is 0.111. The number of carbonyl (C=O) groups excluding carboxylic acids is 2. The molecule has 2 amide bonds. The van der Waals surface area contributed by atoms with Crippen molar-refractivity contribution in [2.24, 2.45) is 0 Å². The van der Waals surface area contributed by atoms with E-state index in [1.165, 1.54) is 11.2 Å². The SMILES string of the molecule is O=C1c2ccccc2C(=O)N1CCNc1ccc(-n2cncn2)cc1. The summed E-state index contributed by atoms with van der Waals surface area (Å²) in [5.41, 5.74) is 2.76. The molecule has 1 N–H and O–H groups in total. The van der Waals surface area contributed by atoms with E-state index in [4.69, 9.17) is 0 Å². The maximum absolute atomic E-state index is 12.3. The number of aromatic nitrogens is 3. The van der Waals surface area contributed by atoms with E-state index in [1.54, 1.807) is 35.3 Å². The molecule has 25 heavy (non-hydrogen) atoms. The Morgan fingerprint density at radius 1 is 0.920 bits per heavy atom. The number of benzene rings is 2. The first-order valence-electron chi connectivity index (χ1n) is 7.88. The van der Waals surface area contributed by atoms with Crippen LogP contribution in [0.5, 0.6) is 0 Å². The predicted octanol–water partition coefficient (Wildman–Crippen LogP) is 1.98. The van der Waals surface area contributed by atoms with Gasteiger partial charge >= 0.3 is 0 Å². The van der Waals surface area contributed by atoms with E-state index in [1.807, 2.05) is 24.3 Å². The Morgan fingerprint density at radius 3 is 2.20 bits per heavy atom. The molecule has 1 aromatic heterocycles. The lowest BCUT2D eigenvalue weighted by molar-refractivity contribution is 0.0660. The summed E-state index contributed by atoms with van der Waals surface area (Å²) in [5.74, 6) is -0.465. The van der Waals surface area contributed by atoms with E-state index >= 15 is 0 Å². The molecule has 7 nitrogen and oxygen atoms in total. The van der Waals surface area contributed by atoms with Crippen molar-refractivity contribution in [3.63, 3.8) is 0 Å². The maximum Gasteiger partial charge on any atom is 0.261 e. The number of fused-ring (bicyclic) bond motifs is 1. The highest BCUT2D eigenvalue weighted by molar-refractivity contribution is 6.21. The van der Waals surface area contributed by atoms with E-state index in [-0.39, 0.29) is 11.8 Å². The number of nitrogens with one attached hydrogen (secondary N) is 1. The van der Waals surface area contributed by atoms with Crippen LogP contribution in [0, 0.1) is 0 Å². The molecule has 0 spiro atoms.